The minimum Gasteiger partial charge on any atom is -0.385 e. The van der Waals surface area contributed by atoms with Gasteiger partial charge in [0.25, 0.3) is 0 Å². The van der Waals surface area contributed by atoms with Crippen LogP contribution >= 0.6 is 15.9 Å². The van der Waals surface area contributed by atoms with Crippen LogP contribution in [0.5, 0.6) is 0 Å². The Kier molecular flexibility index (Phi) is 8.08. The van der Waals surface area contributed by atoms with Crippen molar-refractivity contribution in [1.82, 2.24) is 10.0 Å². The molecule has 0 aromatic heterocycles. The predicted molar refractivity (Wildman–Crippen MR) is 107 cm³/mol. The zero-order valence-electron chi connectivity index (χ0n) is 14.2. The molecule has 0 saturated carbocycles. The van der Waals surface area contributed by atoms with E-state index in [4.69, 9.17) is 0 Å². The van der Waals surface area contributed by atoms with Crippen LogP contribution in [0, 0.1) is 0 Å². The van der Waals surface area contributed by atoms with Gasteiger partial charge in [-0.15, -0.1) is 0 Å². The maximum Gasteiger partial charge on any atom is 0.240 e. The van der Waals surface area contributed by atoms with Gasteiger partial charge in [0.1, 0.15) is 0 Å². The van der Waals surface area contributed by atoms with Gasteiger partial charge in [-0.2, -0.15) is 0 Å². The first kappa shape index (κ1) is 20.4. The molecule has 0 saturated heterocycles. The molecule has 0 unspecified atom stereocenters. The summed E-state index contributed by atoms with van der Waals surface area (Å²) in [4.78, 5) is 11.9. The van der Waals surface area contributed by atoms with E-state index >= 15 is 0 Å². The summed E-state index contributed by atoms with van der Waals surface area (Å²) in [5, 5.41) is 6.04. The summed E-state index contributed by atoms with van der Waals surface area (Å²) in [5.74, 6) is -0.179. The van der Waals surface area contributed by atoms with E-state index in [0.29, 0.717) is 11.0 Å². The molecule has 26 heavy (non-hydrogen) atoms. The number of rotatable bonds is 10. The van der Waals surface area contributed by atoms with Crippen molar-refractivity contribution < 1.29 is 13.2 Å². The third-order valence-electron chi connectivity index (χ3n) is 3.53. The highest BCUT2D eigenvalue weighted by Gasteiger charge is 2.14. The Labute approximate surface area is 162 Å². The molecule has 6 nitrogen and oxygen atoms in total. The molecule has 2 aromatic rings. The normalized spacial score (nSPS) is 11.1. The third-order valence-corrected chi connectivity index (χ3v) is 5.48. The average Bonchev–Trinajstić information content (AvgIpc) is 2.62. The monoisotopic (exact) mass is 439 g/mol. The molecule has 140 valence electrons. The molecular formula is C18H22BrN3O3S. The van der Waals surface area contributed by atoms with Gasteiger partial charge in [-0.1, -0.05) is 40.2 Å². The molecule has 3 N–H and O–H groups in total. The van der Waals surface area contributed by atoms with E-state index < -0.39 is 10.0 Å². The number of anilines is 1. The molecule has 0 fully saturated rings. The van der Waals surface area contributed by atoms with Crippen molar-refractivity contribution in [2.45, 2.75) is 17.7 Å². The number of hydrogen-bond acceptors (Lipinski definition) is 4. The number of sulfonamides is 1. The number of nitrogens with one attached hydrogen (secondary N) is 3. The van der Waals surface area contributed by atoms with E-state index in [1.807, 2.05) is 30.3 Å². The van der Waals surface area contributed by atoms with Gasteiger partial charge in [-0.05, 0) is 36.8 Å². The minimum absolute atomic E-state index is 0.0585. The molecule has 0 aliphatic carbocycles. The standard InChI is InChI=1S/C18H22BrN3O3S/c19-15-6-4-9-17(14-15)26(24,25)22-13-10-18(23)21-12-5-11-20-16-7-2-1-3-8-16/h1-4,6-9,14,20,22H,5,10-13H2,(H,21,23). The summed E-state index contributed by atoms with van der Waals surface area (Å²) >= 11 is 3.24. The summed E-state index contributed by atoms with van der Waals surface area (Å²) in [6.45, 7) is 1.35. The lowest BCUT2D eigenvalue weighted by atomic mass is 10.3. The van der Waals surface area contributed by atoms with Crippen LogP contribution in [0.2, 0.25) is 0 Å². The molecule has 0 atom stereocenters. The van der Waals surface area contributed by atoms with Crippen molar-refractivity contribution in [2.24, 2.45) is 0 Å². The van der Waals surface area contributed by atoms with Crippen molar-refractivity contribution in [1.29, 1.82) is 0 Å². The Bertz CT molecular complexity index is 813. The van der Waals surface area contributed by atoms with E-state index in [-0.39, 0.29) is 23.8 Å². The SMILES string of the molecule is O=C(CCNS(=O)(=O)c1cccc(Br)c1)NCCCNc1ccccc1. The van der Waals surface area contributed by atoms with Crippen molar-refractivity contribution >= 4 is 37.5 Å². The Morgan fingerprint density at radius 3 is 2.46 bits per heavy atom. The molecule has 0 aliphatic heterocycles. The van der Waals surface area contributed by atoms with Gasteiger partial charge in [-0.25, -0.2) is 13.1 Å². The number of para-hydroxylation sites is 1. The topological polar surface area (TPSA) is 87.3 Å². The maximum atomic E-state index is 12.1. The van der Waals surface area contributed by atoms with Gasteiger partial charge in [-0.3, -0.25) is 4.79 Å². The fourth-order valence-corrected chi connectivity index (χ4v) is 3.84. The number of hydrogen-bond donors (Lipinski definition) is 3. The Balaban J connectivity index is 1.61. The second-order valence-electron chi connectivity index (χ2n) is 5.60. The summed E-state index contributed by atoms with van der Waals surface area (Å²) in [5.41, 5.74) is 1.04. The van der Waals surface area contributed by atoms with Crippen molar-refractivity contribution in [3.63, 3.8) is 0 Å². The zero-order chi connectivity index (χ0) is 18.8. The minimum atomic E-state index is -3.61. The molecule has 2 rings (SSSR count). The lowest BCUT2D eigenvalue weighted by Crippen LogP contribution is -2.31. The van der Waals surface area contributed by atoms with E-state index in [9.17, 15) is 13.2 Å². The largest absolute Gasteiger partial charge is 0.385 e. The van der Waals surface area contributed by atoms with E-state index in [1.165, 1.54) is 12.1 Å². The number of benzene rings is 2. The molecule has 0 bridgehead atoms. The molecule has 0 aliphatic rings. The fourth-order valence-electron chi connectivity index (χ4n) is 2.21. The van der Waals surface area contributed by atoms with Crippen molar-refractivity contribution in [3.05, 3.63) is 59.1 Å². The first-order chi connectivity index (χ1) is 12.5. The van der Waals surface area contributed by atoms with Crippen LogP contribution in [-0.2, 0) is 14.8 Å². The average molecular weight is 440 g/mol. The van der Waals surface area contributed by atoms with Gasteiger partial charge in [0.15, 0.2) is 0 Å². The Hall–Kier alpha value is -1.90. The molecule has 8 heteroatoms. The second kappa shape index (κ2) is 10.3. The van der Waals surface area contributed by atoms with Crippen LogP contribution in [0.3, 0.4) is 0 Å². The molecule has 1 amide bonds. The van der Waals surface area contributed by atoms with Crippen molar-refractivity contribution in [2.75, 3.05) is 25.0 Å². The fraction of sp³-hybridized carbons (Fsp3) is 0.278. The van der Waals surface area contributed by atoms with Gasteiger partial charge < -0.3 is 10.6 Å². The summed E-state index contributed by atoms with van der Waals surface area (Å²) in [7, 11) is -3.61. The van der Waals surface area contributed by atoms with Crippen LogP contribution in [0.25, 0.3) is 0 Å². The number of halogens is 1. The highest BCUT2D eigenvalue weighted by molar-refractivity contribution is 9.10. The summed E-state index contributed by atoms with van der Waals surface area (Å²) in [6.07, 6.45) is 0.879. The first-order valence-corrected chi connectivity index (χ1v) is 10.6. The Morgan fingerprint density at radius 1 is 0.962 bits per heavy atom. The first-order valence-electron chi connectivity index (χ1n) is 8.28. The second-order valence-corrected chi connectivity index (χ2v) is 8.28. The number of carbonyl (C=O) groups excluding carboxylic acids is 1. The molecular weight excluding hydrogens is 418 g/mol. The van der Waals surface area contributed by atoms with Gasteiger partial charge in [0.2, 0.25) is 15.9 Å². The van der Waals surface area contributed by atoms with Gasteiger partial charge >= 0.3 is 0 Å². The highest BCUT2D eigenvalue weighted by Crippen LogP contribution is 2.15. The smallest absolute Gasteiger partial charge is 0.240 e. The molecule has 0 radical (unpaired) electrons. The Morgan fingerprint density at radius 2 is 1.73 bits per heavy atom. The summed E-state index contributed by atoms with van der Waals surface area (Å²) in [6, 6.07) is 16.3. The lowest BCUT2D eigenvalue weighted by Gasteiger charge is -2.09. The van der Waals surface area contributed by atoms with E-state index in [2.05, 4.69) is 31.3 Å². The van der Waals surface area contributed by atoms with E-state index in [0.717, 1.165) is 18.7 Å². The van der Waals surface area contributed by atoms with Crippen LogP contribution in [0.1, 0.15) is 12.8 Å². The zero-order valence-corrected chi connectivity index (χ0v) is 16.6. The molecule has 2 aromatic carbocycles. The molecule has 0 spiro atoms. The van der Waals surface area contributed by atoms with Crippen LogP contribution in [-0.4, -0.2) is 34.0 Å². The number of carbonyl (C=O) groups is 1. The third kappa shape index (κ3) is 7.15. The van der Waals surface area contributed by atoms with Gasteiger partial charge in [0, 0.05) is 36.2 Å². The predicted octanol–water partition coefficient (Wildman–Crippen LogP) is 2.74. The molecule has 0 heterocycles. The van der Waals surface area contributed by atoms with Crippen LogP contribution in [0.15, 0.2) is 64.0 Å². The van der Waals surface area contributed by atoms with Crippen LogP contribution < -0.4 is 15.4 Å². The van der Waals surface area contributed by atoms with Crippen LogP contribution in [0.4, 0.5) is 5.69 Å². The van der Waals surface area contributed by atoms with Crippen molar-refractivity contribution in [3.8, 4) is 0 Å². The highest BCUT2D eigenvalue weighted by atomic mass is 79.9. The quantitative estimate of drug-likeness (QED) is 0.496. The number of amides is 1. The maximum absolute atomic E-state index is 12.1. The van der Waals surface area contributed by atoms with E-state index in [1.54, 1.807) is 12.1 Å². The lowest BCUT2D eigenvalue weighted by molar-refractivity contribution is -0.120. The summed E-state index contributed by atoms with van der Waals surface area (Å²) < 4.78 is 27.4. The van der Waals surface area contributed by atoms with Gasteiger partial charge in [0.05, 0.1) is 4.90 Å².